The maximum Gasteiger partial charge on any atom is 0.161 e. The number of carbonyl (C=O) groups is 1. The Hall–Kier alpha value is -1.88. The van der Waals surface area contributed by atoms with Crippen LogP contribution in [0.1, 0.15) is 69.4 Å². The molecule has 2 heteroatoms. The molecule has 22 heavy (non-hydrogen) atoms. The molecule has 0 saturated heterocycles. The van der Waals surface area contributed by atoms with Crippen LogP contribution in [0.15, 0.2) is 29.8 Å². The van der Waals surface area contributed by atoms with Gasteiger partial charge in [0.15, 0.2) is 5.78 Å². The Morgan fingerprint density at radius 3 is 2.59 bits per heavy atom. The molecule has 1 fully saturated rings. The molecule has 0 aromatic heterocycles. The van der Waals surface area contributed by atoms with E-state index in [4.69, 9.17) is 5.26 Å². The Labute approximate surface area is 133 Å². The molecular formula is C20H25NO. The SMILES string of the molecule is CCCCCCC[C@H]1CC/C(=C/c2ccc(C#N)cc2)C1=O. The van der Waals surface area contributed by atoms with Crippen molar-refractivity contribution in [2.75, 3.05) is 0 Å². The highest BCUT2D eigenvalue weighted by atomic mass is 16.1. The normalized spacial score (nSPS) is 19.5. The van der Waals surface area contributed by atoms with Crippen molar-refractivity contribution < 1.29 is 4.79 Å². The van der Waals surface area contributed by atoms with Gasteiger partial charge in [-0.15, -0.1) is 0 Å². The summed E-state index contributed by atoms with van der Waals surface area (Å²) in [5.74, 6) is 0.589. The Kier molecular flexibility index (Phi) is 6.40. The standard InChI is InChI=1S/C20H25NO/c1-2-3-4-5-6-7-18-12-13-19(20(18)22)14-16-8-10-17(15-21)11-9-16/h8-11,14,18H,2-7,12-13H2,1H3/b19-14-/t18-/m0/s1. The van der Waals surface area contributed by atoms with E-state index in [0.717, 1.165) is 30.4 Å². The molecule has 0 N–H and O–H groups in total. The van der Waals surface area contributed by atoms with E-state index in [1.54, 1.807) is 12.1 Å². The van der Waals surface area contributed by atoms with Gasteiger partial charge in [-0.2, -0.15) is 5.26 Å². The van der Waals surface area contributed by atoms with Crippen LogP contribution in [-0.4, -0.2) is 5.78 Å². The average molecular weight is 295 g/mol. The number of rotatable bonds is 7. The fourth-order valence-corrected chi connectivity index (χ4v) is 3.11. The summed E-state index contributed by atoms with van der Waals surface area (Å²) in [6, 6.07) is 9.55. The Bertz CT molecular complexity index is 562. The van der Waals surface area contributed by atoms with Crippen molar-refractivity contribution in [1.29, 1.82) is 5.26 Å². The average Bonchev–Trinajstić information content (AvgIpc) is 2.89. The first-order valence-corrected chi connectivity index (χ1v) is 8.49. The minimum absolute atomic E-state index is 0.242. The number of allylic oxidation sites excluding steroid dienone is 1. The van der Waals surface area contributed by atoms with Crippen molar-refractivity contribution in [2.45, 2.75) is 58.3 Å². The third kappa shape index (κ3) is 4.56. The van der Waals surface area contributed by atoms with Gasteiger partial charge in [0.25, 0.3) is 0 Å². The summed E-state index contributed by atoms with van der Waals surface area (Å²) in [5, 5.41) is 8.81. The van der Waals surface area contributed by atoms with Crippen LogP contribution < -0.4 is 0 Å². The van der Waals surface area contributed by atoms with Gasteiger partial charge in [-0.25, -0.2) is 0 Å². The molecule has 2 nitrogen and oxygen atoms in total. The number of nitriles is 1. The van der Waals surface area contributed by atoms with E-state index in [-0.39, 0.29) is 5.92 Å². The van der Waals surface area contributed by atoms with Crippen molar-refractivity contribution in [3.63, 3.8) is 0 Å². The molecule has 0 bridgehead atoms. The van der Waals surface area contributed by atoms with Gasteiger partial charge in [-0.3, -0.25) is 4.79 Å². The zero-order valence-corrected chi connectivity index (χ0v) is 13.5. The van der Waals surface area contributed by atoms with Crippen LogP contribution in [0.3, 0.4) is 0 Å². The van der Waals surface area contributed by atoms with Crippen LogP contribution in [-0.2, 0) is 4.79 Å². The molecule has 1 aliphatic carbocycles. The Balaban J connectivity index is 1.87. The second kappa shape index (κ2) is 8.54. The fraction of sp³-hybridized carbons (Fsp3) is 0.500. The molecular weight excluding hydrogens is 270 g/mol. The molecule has 116 valence electrons. The number of carbonyl (C=O) groups excluding carboxylic acids is 1. The molecule has 2 rings (SSSR count). The summed E-state index contributed by atoms with van der Waals surface area (Å²) in [6.07, 6.45) is 11.3. The molecule has 0 unspecified atom stereocenters. The summed E-state index contributed by atoms with van der Waals surface area (Å²) >= 11 is 0. The molecule has 0 heterocycles. The zero-order valence-electron chi connectivity index (χ0n) is 13.5. The maximum absolute atomic E-state index is 12.4. The van der Waals surface area contributed by atoms with Crippen molar-refractivity contribution in [3.8, 4) is 6.07 Å². The maximum atomic E-state index is 12.4. The summed E-state index contributed by atoms with van der Waals surface area (Å²) in [7, 11) is 0. The number of Topliss-reactive ketones (excluding diaryl/α,β-unsaturated/α-hetero) is 1. The van der Waals surface area contributed by atoms with Crippen LogP contribution in [0, 0.1) is 17.2 Å². The van der Waals surface area contributed by atoms with Gasteiger partial charge in [0.05, 0.1) is 11.6 Å². The molecule has 1 aliphatic rings. The third-order valence-electron chi connectivity index (χ3n) is 4.49. The van der Waals surface area contributed by atoms with E-state index in [1.807, 2.05) is 18.2 Å². The lowest BCUT2D eigenvalue weighted by atomic mass is 9.97. The van der Waals surface area contributed by atoms with Crippen molar-refractivity contribution in [3.05, 3.63) is 41.0 Å². The van der Waals surface area contributed by atoms with Crippen molar-refractivity contribution in [2.24, 2.45) is 5.92 Å². The van der Waals surface area contributed by atoms with Gasteiger partial charge in [0.2, 0.25) is 0 Å². The summed E-state index contributed by atoms with van der Waals surface area (Å²) < 4.78 is 0. The number of nitrogens with zero attached hydrogens (tertiary/aromatic N) is 1. The smallest absolute Gasteiger partial charge is 0.161 e. The molecule has 1 atom stereocenters. The molecule has 0 aliphatic heterocycles. The van der Waals surface area contributed by atoms with Crippen LogP contribution in [0.4, 0.5) is 0 Å². The van der Waals surface area contributed by atoms with E-state index in [0.29, 0.717) is 11.3 Å². The lowest BCUT2D eigenvalue weighted by molar-refractivity contribution is -0.117. The molecule has 1 aromatic carbocycles. The van der Waals surface area contributed by atoms with Gasteiger partial charge in [-0.05, 0) is 48.6 Å². The van der Waals surface area contributed by atoms with Crippen LogP contribution in [0.25, 0.3) is 6.08 Å². The minimum atomic E-state index is 0.242. The highest BCUT2D eigenvalue weighted by Gasteiger charge is 2.28. The lowest BCUT2D eigenvalue weighted by Gasteiger charge is -2.07. The van der Waals surface area contributed by atoms with E-state index in [2.05, 4.69) is 13.0 Å². The lowest BCUT2D eigenvalue weighted by Crippen LogP contribution is -2.07. The number of hydrogen-bond acceptors (Lipinski definition) is 2. The first-order valence-electron chi connectivity index (χ1n) is 8.49. The van der Waals surface area contributed by atoms with E-state index >= 15 is 0 Å². The topological polar surface area (TPSA) is 40.9 Å². The largest absolute Gasteiger partial charge is 0.294 e. The van der Waals surface area contributed by atoms with Crippen LogP contribution >= 0.6 is 0 Å². The van der Waals surface area contributed by atoms with E-state index in [1.165, 1.54) is 32.1 Å². The first-order chi connectivity index (χ1) is 10.7. The second-order valence-corrected chi connectivity index (χ2v) is 6.21. The van der Waals surface area contributed by atoms with Crippen LogP contribution in [0.5, 0.6) is 0 Å². The molecule has 0 spiro atoms. The van der Waals surface area contributed by atoms with Crippen molar-refractivity contribution >= 4 is 11.9 Å². The van der Waals surface area contributed by atoms with Gasteiger partial charge in [0.1, 0.15) is 0 Å². The van der Waals surface area contributed by atoms with Gasteiger partial charge < -0.3 is 0 Å². The monoisotopic (exact) mass is 295 g/mol. The van der Waals surface area contributed by atoms with E-state index in [9.17, 15) is 4.79 Å². The Morgan fingerprint density at radius 1 is 1.18 bits per heavy atom. The molecule has 0 amide bonds. The first kappa shape index (κ1) is 16.5. The quantitative estimate of drug-likeness (QED) is 0.507. The number of hydrogen-bond donors (Lipinski definition) is 0. The highest BCUT2D eigenvalue weighted by Crippen LogP contribution is 2.32. The summed E-state index contributed by atoms with van der Waals surface area (Å²) in [5.41, 5.74) is 2.64. The second-order valence-electron chi connectivity index (χ2n) is 6.21. The minimum Gasteiger partial charge on any atom is -0.294 e. The molecule has 1 saturated carbocycles. The highest BCUT2D eigenvalue weighted by molar-refractivity contribution is 6.03. The third-order valence-corrected chi connectivity index (χ3v) is 4.49. The van der Waals surface area contributed by atoms with Gasteiger partial charge >= 0.3 is 0 Å². The van der Waals surface area contributed by atoms with Gasteiger partial charge in [0, 0.05) is 5.92 Å². The predicted octanol–water partition coefficient (Wildman–Crippen LogP) is 5.28. The molecule has 1 aromatic rings. The zero-order chi connectivity index (χ0) is 15.8. The number of ketones is 1. The van der Waals surface area contributed by atoms with Crippen LogP contribution in [0.2, 0.25) is 0 Å². The summed E-state index contributed by atoms with van der Waals surface area (Å²) in [4.78, 5) is 12.4. The predicted molar refractivity (Wildman–Crippen MR) is 90.2 cm³/mol. The molecule has 0 radical (unpaired) electrons. The number of benzene rings is 1. The number of unbranched alkanes of at least 4 members (excludes halogenated alkanes) is 4. The fourth-order valence-electron chi connectivity index (χ4n) is 3.11. The van der Waals surface area contributed by atoms with Gasteiger partial charge in [-0.1, -0.05) is 51.2 Å². The van der Waals surface area contributed by atoms with Crippen molar-refractivity contribution in [1.82, 2.24) is 0 Å². The van der Waals surface area contributed by atoms with E-state index < -0.39 is 0 Å². The summed E-state index contributed by atoms with van der Waals surface area (Å²) in [6.45, 7) is 2.22. The Morgan fingerprint density at radius 2 is 1.91 bits per heavy atom.